The Labute approximate surface area is 95.1 Å². The zero-order valence-electron chi connectivity index (χ0n) is 9.43. The molecule has 0 amide bonds. The monoisotopic (exact) mass is 250 g/mol. The van der Waals surface area contributed by atoms with Gasteiger partial charge in [0.2, 0.25) is 0 Å². The first-order chi connectivity index (χ1) is 7.38. The van der Waals surface area contributed by atoms with Gasteiger partial charge in [-0.1, -0.05) is 0 Å². The summed E-state index contributed by atoms with van der Waals surface area (Å²) in [5, 5.41) is 11.7. The summed E-state index contributed by atoms with van der Waals surface area (Å²) in [4.78, 5) is 21.9. The normalized spacial score (nSPS) is 26.2. The SMILES string of the molecule is CP(=O)(O)CCCN1CCNC(C(=O)O)C1. The molecule has 16 heavy (non-hydrogen) atoms. The van der Waals surface area contributed by atoms with E-state index >= 15 is 0 Å². The number of hydrogen-bond acceptors (Lipinski definition) is 4. The lowest BCUT2D eigenvalue weighted by molar-refractivity contribution is -0.140. The molecule has 1 rings (SSSR count). The fourth-order valence-electron chi connectivity index (χ4n) is 1.77. The Morgan fingerprint density at radius 1 is 1.62 bits per heavy atom. The zero-order valence-corrected chi connectivity index (χ0v) is 10.3. The molecular formula is C9H19N2O4P. The second kappa shape index (κ2) is 5.77. The summed E-state index contributed by atoms with van der Waals surface area (Å²) in [5.41, 5.74) is 0. The summed E-state index contributed by atoms with van der Waals surface area (Å²) in [6.07, 6.45) is 0.936. The lowest BCUT2D eigenvalue weighted by Crippen LogP contribution is -2.54. The minimum Gasteiger partial charge on any atom is -0.480 e. The molecule has 1 heterocycles. The molecular weight excluding hydrogens is 231 g/mol. The highest BCUT2D eigenvalue weighted by atomic mass is 31.2. The average Bonchev–Trinajstić information content (AvgIpc) is 2.16. The maximum Gasteiger partial charge on any atom is 0.322 e. The summed E-state index contributed by atoms with van der Waals surface area (Å²) in [5.74, 6) is -0.840. The van der Waals surface area contributed by atoms with E-state index in [1.807, 2.05) is 4.90 Å². The quantitative estimate of drug-likeness (QED) is 0.577. The molecule has 3 N–H and O–H groups in total. The number of carboxylic acid groups (broad SMARTS) is 1. The molecule has 0 aliphatic carbocycles. The van der Waals surface area contributed by atoms with Crippen molar-refractivity contribution in [3.8, 4) is 0 Å². The van der Waals surface area contributed by atoms with Crippen LogP contribution in [0.3, 0.4) is 0 Å². The number of nitrogens with one attached hydrogen (secondary N) is 1. The molecule has 2 atom stereocenters. The summed E-state index contributed by atoms with van der Waals surface area (Å²) >= 11 is 0. The molecule has 0 saturated carbocycles. The highest BCUT2D eigenvalue weighted by Crippen LogP contribution is 2.35. The van der Waals surface area contributed by atoms with E-state index in [0.29, 0.717) is 32.2 Å². The van der Waals surface area contributed by atoms with Crippen molar-refractivity contribution in [2.75, 3.05) is 39.0 Å². The fourth-order valence-corrected chi connectivity index (χ4v) is 2.50. The molecule has 0 bridgehead atoms. The third-order valence-electron chi connectivity index (χ3n) is 2.60. The summed E-state index contributed by atoms with van der Waals surface area (Å²) in [6, 6.07) is -0.517. The van der Waals surface area contributed by atoms with Crippen LogP contribution in [-0.2, 0) is 9.36 Å². The molecule has 1 aliphatic heterocycles. The molecule has 0 radical (unpaired) electrons. The maximum atomic E-state index is 11.1. The van der Waals surface area contributed by atoms with Gasteiger partial charge >= 0.3 is 5.97 Å². The van der Waals surface area contributed by atoms with Gasteiger partial charge < -0.3 is 15.3 Å². The van der Waals surface area contributed by atoms with E-state index in [1.54, 1.807) is 0 Å². The molecule has 1 aliphatic rings. The van der Waals surface area contributed by atoms with Crippen molar-refractivity contribution in [1.29, 1.82) is 0 Å². The molecule has 0 aromatic rings. The minimum absolute atomic E-state index is 0.300. The van der Waals surface area contributed by atoms with Crippen molar-refractivity contribution in [3.63, 3.8) is 0 Å². The van der Waals surface area contributed by atoms with Crippen LogP contribution in [0.2, 0.25) is 0 Å². The van der Waals surface area contributed by atoms with Gasteiger partial charge in [0.05, 0.1) is 0 Å². The van der Waals surface area contributed by atoms with Gasteiger partial charge in [0.1, 0.15) is 6.04 Å². The minimum atomic E-state index is -2.93. The summed E-state index contributed by atoms with van der Waals surface area (Å²) < 4.78 is 11.1. The third kappa shape index (κ3) is 5.07. The van der Waals surface area contributed by atoms with E-state index in [-0.39, 0.29) is 0 Å². The van der Waals surface area contributed by atoms with E-state index in [2.05, 4.69) is 5.32 Å². The second-order valence-electron chi connectivity index (χ2n) is 4.27. The van der Waals surface area contributed by atoms with Crippen LogP contribution in [0.1, 0.15) is 6.42 Å². The first-order valence-electron chi connectivity index (χ1n) is 5.36. The molecule has 0 spiro atoms. The third-order valence-corrected chi connectivity index (χ3v) is 3.75. The van der Waals surface area contributed by atoms with Crippen LogP contribution in [0.5, 0.6) is 0 Å². The zero-order chi connectivity index (χ0) is 12.2. The number of carbonyl (C=O) groups is 1. The maximum absolute atomic E-state index is 11.1. The van der Waals surface area contributed by atoms with Gasteiger partial charge in [-0.3, -0.25) is 14.3 Å². The lowest BCUT2D eigenvalue weighted by atomic mass is 10.2. The first kappa shape index (κ1) is 13.6. The van der Waals surface area contributed by atoms with Crippen LogP contribution in [0.25, 0.3) is 0 Å². The first-order valence-corrected chi connectivity index (χ1v) is 7.65. The van der Waals surface area contributed by atoms with E-state index in [0.717, 1.165) is 6.54 Å². The van der Waals surface area contributed by atoms with Crippen molar-refractivity contribution in [1.82, 2.24) is 10.2 Å². The predicted octanol–water partition coefficient (Wildman–Crippen LogP) is -0.365. The van der Waals surface area contributed by atoms with Gasteiger partial charge in [0.15, 0.2) is 7.37 Å². The van der Waals surface area contributed by atoms with E-state index in [4.69, 9.17) is 10.00 Å². The van der Waals surface area contributed by atoms with E-state index < -0.39 is 19.4 Å². The van der Waals surface area contributed by atoms with Crippen molar-refractivity contribution in [3.05, 3.63) is 0 Å². The van der Waals surface area contributed by atoms with E-state index in [9.17, 15) is 9.36 Å². The molecule has 7 heteroatoms. The van der Waals surface area contributed by atoms with Gasteiger partial charge in [-0.05, 0) is 13.0 Å². The standard InChI is InChI=1S/C9H19N2O4P/c1-16(14,15)6-2-4-11-5-3-10-8(7-11)9(12)13/h8,10H,2-7H2,1H3,(H,12,13)(H,14,15). The van der Waals surface area contributed by atoms with Crippen LogP contribution in [0.15, 0.2) is 0 Å². The Morgan fingerprint density at radius 3 is 2.88 bits per heavy atom. The Hall–Kier alpha value is -0.420. The Kier molecular flexibility index (Phi) is 4.92. The smallest absolute Gasteiger partial charge is 0.322 e. The largest absolute Gasteiger partial charge is 0.480 e. The summed E-state index contributed by atoms with van der Waals surface area (Å²) in [7, 11) is -2.93. The van der Waals surface area contributed by atoms with Crippen LogP contribution < -0.4 is 5.32 Å². The Morgan fingerprint density at radius 2 is 2.31 bits per heavy atom. The molecule has 0 aromatic heterocycles. The topological polar surface area (TPSA) is 89.9 Å². The highest BCUT2D eigenvalue weighted by molar-refractivity contribution is 7.57. The van der Waals surface area contributed by atoms with Crippen molar-refractivity contribution >= 4 is 13.3 Å². The lowest BCUT2D eigenvalue weighted by Gasteiger charge is -2.31. The average molecular weight is 250 g/mol. The molecule has 6 nitrogen and oxygen atoms in total. The molecule has 2 unspecified atom stereocenters. The second-order valence-corrected chi connectivity index (χ2v) is 6.82. The number of hydrogen-bond donors (Lipinski definition) is 3. The highest BCUT2D eigenvalue weighted by Gasteiger charge is 2.24. The van der Waals surface area contributed by atoms with Crippen molar-refractivity contribution in [2.24, 2.45) is 0 Å². The van der Waals surface area contributed by atoms with Crippen LogP contribution in [-0.4, -0.2) is 65.9 Å². The number of nitrogens with zero attached hydrogens (tertiary/aromatic N) is 1. The van der Waals surface area contributed by atoms with Crippen molar-refractivity contribution in [2.45, 2.75) is 12.5 Å². The van der Waals surface area contributed by atoms with Gasteiger partial charge in [0.25, 0.3) is 0 Å². The van der Waals surface area contributed by atoms with E-state index in [1.165, 1.54) is 6.66 Å². The molecule has 94 valence electrons. The molecule has 1 fully saturated rings. The van der Waals surface area contributed by atoms with Gasteiger partial charge in [-0.15, -0.1) is 0 Å². The van der Waals surface area contributed by atoms with Gasteiger partial charge in [-0.2, -0.15) is 0 Å². The number of piperazine rings is 1. The van der Waals surface area contributed by atoms with Crippen molar-refractivity contribution < 1.29 is 19.4 Å². The molecule has 0 aromatic carbocycles. The van der Waals surface area contributed by atoms with Crippen LogP contribution in [0.4, 0.5) is 0 Å². The van der Waals surface area contributed by atoms with Gasteiger partial charge in [0, 0.05) is 32.5 Å². The van der Waals surface area contributed by atoms with Crippen LogP contribution >= 0.6 is 7.37 Å². The number of carboxylic acids is 1. The fraction of sp³-hybridized carbons (Fsp3) is 0.889. The number of aliphatic carboxylic acids is 1. The predicted molar refractivity (Wildman–Crippen MR) is 61.1 cm³/mol. The van der Waals surface area contributed by atoms with Crippen LogP contribution in [0, 0.1) is 0 Å². The Balaban J connectivity index is 2.27. The summed E-state index contributed by atoms with van der Waals surface area (Å²) in [6.45, 7) is 3.95. The Bertz CT molecular complexity index is 291. The number of rotatable bonds is 5. The van der Waals surface area contributed by atoms with Gasteiger partial charge in [-0.25, -0.2) is 0 Å². The molecule has 1 saturated heterocycles.